The van der Waals surface area contributed by atoms with E-state index < -0.39 is 15.9 Å². The van der Waals surface area contributed by atoms with Gasteiger partial charge in [0.2, 0.25) is 5.91 Å². The highest BCUT2D eigenvalue weighted by molar-refractivity contribution is 8.00. The second kappa shape index (κ2) is 7.04. The molecular formula is C14H13ClN2O3S2. The Balaban J connectivity index is 2.26. The van der Waals surface area contributed by atoms with Crippen molar-refractivity contribution < 1.29 is 13.2 Å². The van der Waals surface area contributed by atoms with Gasteiger partial charge in [-0.05, 0) is 36.4 Å². The number of hydrogen-bond donors (Lipinski definition) is 2. The lowest BCUT2D eigenvalue weighted by Crippen LogP contribution is -2.15. The molecule has 0 unspecified atom stereocenters. The van der Waals surface area contributed by atoms with Crippen LogP contribution in [0.1, 0.15) is 0 Å². The molecule has 0 atom stereocenters. The zero-order chi connectivity index (χ0) is 16.2. The van der Waals surface area contributed by atoms with Crippen LogP contribution in [0.3, 0.4) is 0 Å². The number of nitrogens with one attached hydrogen (secondary N) is 1. The van der Waals surface area contributed by atoms with Gasteiger partial charge in [0.1, 0.15) is 0 Å². The number of rotatable bonds is 6. The zero-order valence-corrected chi connectivity index (χ0v) is 13.7. The molecule has 0 saturated heterocycles. The van der Waals surface area contributed by atoms with E-state index in [0.29, 0.717) is 15.6 Å². The lowest BCUT2D eigenvalue weighted by molar-refractivity contribution is -0.115. The minimum atomic E-state index is -3.73. The smallest absolute Gasteiger partial charge is 0.261 e. The summed E-state index contributed by atoms with van der Waals surface area (Å²) in [5.41, 5.74) is 5.50. The molecule has 0 fully saturated rings. The first-order valence-corrected chi connectivity index (χ1v) is 9.02. The molecule has 8 heteroatoms. The topological polar surface area (TPSA) is 89.3 Å². The third-order valence-electron chi connectivity index (χ3n) is 2.63. The molecule has 0 heterocycles. The predicted octanol–water partition coefficient (Wildman–Crippen LogP) is 2.72. The van der Waals surface area contributed by atoms with E-state index in [1.807, 2.05) is 0 Å². The van der Waals surface area contributed by atoms with Crippen LogP contribution < -0.4 is 10.5 Å². The standard InChI is InChI=1S/C14H13ClN2O3S2/c15-10-5-7-11(8-6-10)22(19,20)17-12-3-1-2-4-13(12)21-9-14(16)18/h1-8,17H,9H2,(H2,16,18). The fourth-order valence-electron chi connectivity index (χ4n) is 1.64. The van der Waals surface area contributed by atoms with Crippen LogP contribution in [-0.4, -0.2) is 20.1 Å². The summed E-state index contributed by atoms with van der Waals surface area (Å²) >= 11 is 6.93. The van der Waals surface area contributed by atoms with Crippen LogP contribution in [0, 0.1) is 0 Å². The molecule has 2 aromatic carbocycles. The van der Waals surface area contributed by atoms with Crippen molar-refractivity contribution in [1.29, 1.82) is 0 Å². The summed E-state index contributed by atoms with van der Waals surface area (Å²) in [6.45, 7) is 0. The maximum absolute atomic E-state index is 12.3. The molecule has 0 saturated carbocycles. The Labute approximate surface area is 137 Å². The summed E-state index contributed by atoms with van der Waals surface area (Å²) in [5, 5.41) is 0.455. The van der Waals surface area contributed by atoms with Gasteiger partial charge in [-0.1, -0.05) is 23.7 Å². The molecule has 0 radical (unpaired) electrons. The lowest BCUT2D eigenvalue weighted by atomic mass is 10.3. The molecule has 5 nitrogen and oxygen atoms in total. The van der Waals surface area contributed by atoms with Gasteiger partial charge >= 0.3 is 0 Å². The average Bonchev–Trinajstić information content (AvgIpc) is 2.46. The van der Waals surface area contributed by atoms with Gasteiger partial charge < -0.3 is 5.73 Å². The first-order chi connectivity index (χ1) is 10.4. The van der Waals surface area contributed by atoms with Crippen molar-refractivity contribution in [2.45, 2.75) is 9.79 Å². The van der Waals surface area contributed by atoms with Gasteiger partial charge in [-0.3, -0.25) is 9.52 Å². The minimum Gasteiger partial charge on any atom is -0.369 e. The van der Waals surface area contributed by atoms with Gasteiger partial charge in [-0.25, -0.2) is 8.42 Å². The van der Waals surface area contributed by atoms with Gasteiger partial charge in [0.25, 0.3) is 10.0 Å². The number of sulfonamides is 1. The predicted molar refractivity (Wildman–Crippen MR) is 88.6 cm³/mol. The van der Waals surface area contributed by atoms with Gasteiger partial charge in [-0.2, -0.15) is 0 Å². The minimum absolute atomic E-state index is 0.0691. The SMILES string of the molecule is NC(=O)CSc1ccccc1NS(=O)(=O)c1ccc(Cl)cc1. The first kappa shape index (κ1) is 16.7. The van der Waals surface area contributed by atoms with Crippen LogP contribution in [0.15, 0.2) is 58.3 Å². The Bertz CT molecular complexity index is 777. The number of thioether (sulfide) groups is 1. The second-order valence-corrected chi connectivity index (χ2v) is 7.45. The van der Waals surface area contributed by atoms with Crippen molar-refractivity contribution in [2.75, 3.05) is 10.5 Å². The Morgan fingerprint density at radius 1 is 1.14 bits per heavy atom. The number of hydrogen-bond acceptors (Lipinski definition) is 4. The number of para-hydroxylation sites is 1. The summed E-state index contributed by atoms with van der Waals surface area (Å²) in [6, 6.07) is 12.6. The number of anilines is 1. The summed E-state index contributed by atoms with van der Waals surface area (Å²) in [5.74, 6) is -0.403. The van der Waals surface area contributed by atoms with Crippen LogP contribution in [0.2, 0.25) is 5.02 Å². The first-order valence-electron chi connectivity index (χ1n) is 6.17. The molecule has 0 aliphatic rings. The molecule has 1 amide bonds. The lowest BCUT2D eigenvalue weighted by Gasteiger charge is -2.12. The third kappa shape index (κ3) is 4.40. The highest BCUT2D eigenvalue weighted by atomic mass is 35.5. The number of amides is 1. The Morgan fingerprint density at radius 2 is 1.77 bits per heavy atom. The van der Waals surface area contributed by atoms with Gasteiger partial charge in [0.15, 0.2) is 0 Å². The Morgan fingerprint density at radius 3 is 2.41 bits per heavy atom. The molecule has 0 aliphatic heterocycles. The molecule has 0 aliphatic carbocycles. The van der Waals surface area contributed by atoms with Crippen LogP contribution in [-0.2, 0) is 14.8 Å². The number of primary amides is 1. The number of carbonyl (C=O) groups excluding carboxylic acids is 1. The zero-order valence-electron chi connectivity index (χ0n) is 11.3. The van der Waals surface area contributed by atoms with Crippen molar-refractivity contribution in [3.63, 3.8) is 0 Å². The average molecular weight is 357 g/mol. The third-order valence-corrected chi connectivity index (χ3v) is 5.35. The molecule has 22 heavy (non-hydrogen) atoms. The van der Waals surface area contributed by atoms with E-state index in [1.54, 1.807) is 24.3 Å². The normalized spacial score (nSPS) is 11.1. The van der Waals surface area contributed by atoms with Gasteiger partial charge in [0, 0.05) is 9.92 Å². The maximum atomic E-state index is 12.3. The van der Waals surface area contributed by atoms with E-state index in [9.17, 15) is 13.2 Å². The van der Waals surface area contributed by atoms with E-state index >= 15 is 0 Å². The van der Waals surface area contributed by atoms with E-state index in [2.05, 4.69) is 4.72 Å². The maximum Gasteiger partial charge on any atom is 0.261 e. The van der Waals surface area contributed by atoms with Crippen molar-refractivity contribution in [3.05, 3.63) is 53.6 Å². The molecule has 2 aromatic rings. The van der Waals surface area contributed by atoms with E-state index in [-0.39, 0.29) is 10.6 Å². The number of nitrogens with two attached hydrogens (primary N) is 1. The molecular weight excluding hydrogens is 344 g/mol. The number of carbonyl (C=O) groups is 1. The van der Waals surface area contributed by atoms with Crippen LogP contribution in [0.5, 0.6) is 0 Å². The molecule has 0 bridgehead atoms. The highest BCUT2D eigenvalue weighted by Crippen LogP contribution is 2.28. The van der Waals surface area contributed by atoms with Crippen molar-refractivity contribution in [2.24, 2.45) is 5.73 Å². The second-order valence-electron chi connectivity index (χ2n) is 4.31. The summed E-state index contributed by atoms with van der Waals surface area (Å²) in [4.78, 5) is 11.6. The summed E-state index contributed by atoms with van der Waals surface area (Å²) in [7, 11) is -3.73. The fraction of sp³-hybridized carbons (Fsp3) is 0.0714. The van der Waals surface area contributed by atoms with Crippen molar-refractivity contribution in [3.8, 4) is 0 Å². The highest BCUT2D eigenvalue weighted by Gasteiger charge is 2.16. The van der Waals surface area contributed by atoms with E-state index in [0.717, 1.165) is 0 Å². The number of benzene rings is 2. The van der Waals surface area contributed by atoms with Crippen LogP contribution in [0.25, 0.3) is 0 Å². The van der Waals surface area contributed by atoms with E-state index in [4.69, 9.17) is 17.3 Å². The molecule has 0 spiro atoms. The number of halogens is 1. The molecule has 116 valence electrons. The van der Waals surface area contributed by atoms with Crippen LogP contribution in [0.4, 0.5) is 5.69 Å². The molecule has 2 rings (SSSR count). The van der Waals surface area contributed by atoms with Gasteiger partial charge in [-0.15, -0.1) is 11.8 Å². The van der Waals surface area contributed by atoms with E-state index in [1.165, 1.54) is 36.0 Å². The van der Waals surface area contributed by atoms with Crippen molar-refractivity contribution >= 4 is 45.0 Å². The fourth-order valence-corrected chi connectivity index (χ4v) is 3.66. The monoisotopic (exact) mass is 356 g/mol. The largest absolute Gasteiger partial charge is 0.369 e. The van der Waals surface area contributed by atoms with Crippen LogP contribution >= 0.6 is 23.4 Å². The molecule has 3 N–H and O–H groups in total. The quantitative estimate of drug-likeness (QED) is 0.779. The molecule has 0 aromatic heterocycles. The van der Waals surface area contributed by atoms with Gasteiger partial charge in [0.05, 0.1) is 16.3 Å². The Hall–Kier alpha value is -1.70. The Kier molecular flexibility index (Phi) is 5.33. The van der Waals surface area contributed by atoms with Crippen molar-refractivity contribution in [1.82, 2.24) is 0 Å². The summed E-state index contributed by atoms with van der Waals surface area (Å²) in [6.07, 6.45) is 0. The summed E-state index contributed by atoms with van der Waals surface area (Å²) < 4.78 is 27.2.